The number of hydrogen-bond donors (Lipinski definition) is 0. The fourth-order valence-electron chi connectivity index (χ4n) is 6.21. The SMILES string of the molecule is CC/C=C\C/C=C\C/C=C\C/C=C\C/C=C\CCCC(=O)OC(COC(=O)CCC/C=C\C/C=C\C/C=C\CC)COC(=O)CCCCCCC\C=C/C=C\C=C/CCCCCCC. The van der Waals surface area contributed by atoms with E-state index in [0.717, 1.165) is 109 Å². The van der Waals surface area contributed by atoms with Gasteiger partial charge in [-0.3, -0.25) is 14.4 Å². The highest BCUT2D eigenvalue weighted by Crippen LogP contribution is 2.11. The van der Waals surface area contributed by atoms with Gasteiger partial charge in [0.15, 0.2) is 6.10 Å². The summed E-state index contributed by atoms with van der Waals surface area (Å²) in [6, 6.07) is 0. The van der Waals surface area contributed by atoms with Crippen LogP contribution < -0.4 is 0 Å². The summed E-state index contributed by atoms with van der Waals surface area (Å²) in [7, 11) is 0. The fraction of sp³-hybridized carbons (Fsp3) is 0.569. The molecule has 0 saturated carbocycles. The van der Waals surface area contributed by atoms with Crippen molar-refractivity contribution < 1.29 is 28.6 Å². The Morgan fingerprint density at radius 3 is 1.12 bits per heavy atom. The van der Waals surface area contributed by atoms with Crippen LogP contribution in [0.2, 0.25) is 0 Å². The van der Waals surface area contributed by atoms with Crippen molar-refractivity contribution in [3.05, 3.63) is 134 Å². The molecule has 358 valence electrons. The Morgan fingerprint density at radius 2 is 0.688 bits per heavy atom. The van der Waals surface area contributed by atoms with Crippen molar-refractivity contribution in [1.29, 1.82) is 0 Å². The number of carbonyl (C=O) groups excluding carboxylic acids is 3. The van der Waals surface area contributed by atoms with E-state index in [9.17, 15) is 14.4 Å². The summed E-state index contributed by atoms with van der Waals surface area (Å²) in [6.07, 6.45) is 71.6. The smallest absolute Gasteiger partial charge is 0.306 e. The van der Waals surface area contributed by atoms with Crippen molar-refractivity contribution >= 4 is 17.9 Å². The lowest BCUT2D eigenvalue weighted by atomic mass is 10.1. The van der Waals surface area contributed by atoms with Gasteiger partial charge in [-0.05, 0) is 109 Å². The average molecular weight is 883 g/mol. The summed E-state index contributed by atoms with van der Waals surface area (Å²) in [4.78, 5) is 37.9. The van der Waals surface area contributed by atoms with Gasteiger partial charge in [-0.1, -0.05) is 199 Å². The van der Waals surface area contributed by atoms with Gasteiger partial charge in [0.2, 0.25) is 0 Å². The Morgan fingerprint density at radius 1 is 0.344 bits per heavy atom. The van der Waals surface area contributed by atoms with E-state index in [4.69, 9.17) is 14.2 Å². The van der Waals surface area contributed by atoms with Gasteiger partial charge in [-0.25, -0.2) is 0 Å². The van der Waals surface area contributed by atoms with E-state index < -0.39 is 12.1 Å². The molecular formula is C58H90O6. The lowest BCUT2D eigenvalue weighted by Crippen LogP contribution is -2.30. The van der Waals surface area contributed by atoms with Crippen molar-refractivity contribution in [2.24, 2.45) is 0 Å². The molecule has 0 aromatic heterocycles. The van der Waals surface area contributed by atoms with Crippen LogP contribution in [0.25, 0.3) is 0 Å². The van der Waals surface area contributed by atoms with Gasteiger partial charge >= 0.3 is 17.9 Å². The molecular weight excluding hydrogens is 793 g/mol. The fourth-order valence-corrected chi connectivity index (χ4v) is 6.21. The number of rotatable bonds is 43. The molecule has 1 unspecified atom stereocenters. The molecule has 0 bridgehead atoms. The monoisotopic (exact) mass is 883 g/mol. The lowest BCUT2D eigenvalue weighted by molar-refractivity contribution is -0.167. The van der Waals surface area contributed by atoms with E-state index >= 15 is 0 Å². The zero-order valence-electron chi connectivity index (χ0n) is 40.7. The van der Waals surface area contributed by atoms with Crippen molar-refractivity contribution in [2.45, 2.75) is 200 Å². The topological polar surface area (TPSA) is 78.9 Å². The molecule has 0 heterocycles. The van der Waals surface area contributed by atoms with Crippen LogP contribution in [0.1, 0.15) is 194 Å². The Bertz CT molecular complexity index is 1430. The Kier molecular flexibility index (Phi) is 47.6. The number of carbonyl (C=O) groups is 3. The summed E-state index contributed by atoms with van der Waals surface area (Å²) in [5.74, 6) is -1.08. The largest absolute Gasteiger partial charge is 0.462 e. The van der Waals surface area contributed by atoms with E-state index in [1.807, 2.05) is 0 Å². The Hall–Kier alpha value is -4.45. The minimum Gasteiger partial charge on any atom is -0.462 e. The molecule has 0 rings (SSSR count). The van der Waals surface area contributed by atoms with Crippen molar-refractivity contribution in [2.75, 3.05) is 13.2 Å². The quantitative estimate of drug-likeness (QED) is 0.0200. The maximum Gasteiger partial charge on any atom is 0.306 e. The second-order valence-electron chi connectivity index (χ2n) is 16.0. The minimum atomic E-state index is -0.841. The van der Waals surface area contributed by atoms with Crippen LogP contribution in [-0.4, -0.2) is 37.2 Å². The van der Waals surface area contributed by atoms with E-state index in [1.54, 1.807) is 0 Å². The van der Waals surface area contributed by atoms with Gasteiger partial charge in [-0.15, -0.1) is 0 Å². The molecule has 0 N–H and O–H groups in total. The molecule has 0 spiro atoms. The maximum atomic E-state index is 12.8. The highest BCUT2D eigenvalue weighted by molar-refractivity contribution is 5.71. The number of allylic oxidation sites excluding steroid dienone is 22. The summed E-state index contributed by atoms with van der Waals surface area (Å²) >= 11 is 0. The second kappa shape index (κ2) is 51.2. The number of ether oxygens (including phenoxy) is 3. The number of esters is 3. The standard InChI is InChI=1S/C58H90O6/c1-4-7-10-13-16-19-22-24-26-28-30-31-33-36-39-42-45-48-51-57(60)63-54-55(53-62-56(59)50-47-44-41-38-35-21-18-15-12-9-6-3)64-58(61)52-49-46-43-40-37-34-32-29-27-25-23-20-17-14-11-8-5-2/h8-9,11-12,17-18,20-22,24-28,30-32,34,38,40-41,43,55H,4-7,10,13-16,19,23,29,33,35-37,39,42,44-54H2,1-3H3/b11-8-,12-9-,20-17-,21-18-,24-22-,27-25-,28-26-,31-30-,34-32-,41-38-,43-40-. The number of hydrogen-bond acceptors (Lipinski definition) is 6. The molecule has 64 heavy (non-hydrogen) atoms. The van der Waals surface area contributed by atoms with Gasteiger partial charge in [0, 0.05) is 19.3 Å². The summed E-state index contributed by atoms with van der Waals surface area (Å²) in [5.41, 5.74) is 0. The summed E-state index contributed by atoms with van der Waals surface area (Å²) < 4.78 is 16.6. The van der Waals surface area contributed by atoms with Crippen LogP contribution in [0.5, 0.6) is 0 Å². The zero-order chi connectivity index (χ0) is 46.5. The molecule has 0 fully saturated rings. The van der Waals surface area contributed by atoms with Crippen LogP contribution in [0.4, 0.5) is 0 Å². The maximum absolute atomic E-state index is 12.8. The van der Waals surface area contributed by atoms with Crippen molar-refractivity contribution in [1.82, 2.24) is 0 Å². The third-order valence-electron chi connectivity index (χ3n) is 9.93. The van der Waals surface area contributed by atoms with Gasteiger partial charge in [0.25, 0.3) is 0 Å². The van der Waals surface area contributed by atoms with Crippen LogP contribution in [0.15, 0.2) is 134 Å². The third kappa shape index (κ3) is 48.6. The lowest BCUT2D eigenvalue weighted by Gasteiger charge is -2.18. The van der Waals surface area contributed by atoms with E-state index in [-0.39, 0.29) is 38.0 Å². The first-order valence-corrected chi connectivity index (χ1v) is 25.2. The molecule has 0 saturated heterocycles. The Labute approximate surface area is 392 Å². The van der Waals surface area contributed by atoms with Crippen molar-refractivity contribution in [3.8, 4) is 0 Å². The third-order valence-corrected chi connectivity index (χ3v) is 9.93. The molecule has 0 aliphatic heterocycles. The molecule has 6 heteroatoms. The first-order chi connectivity index (χ1) is 31.5. The first-order valence-electron chi connectivity index (χ1n) is 25.2. The average Bonchev–Trinajstić information content (AvgIpc) is 3.29. The predicted molar refractivity (Wildman–Crippen MR) is 274 cm³/mol. The van der Waals surface area contributed by atoms with E-state index in [0.29, 0.717) is 19.3 Å². The Balaban J connectivity index is 4.58. The van der Waals surface area contributed by atoms with Crippen LogP contribution in [0.3, 0.4) is 0 Å². The van der Waals surface area contributed by atoms with Gasteiger partial charge in [-0.2, -0.15) is 0 Å². The normalized spacial score (nSPS) is 13.2. The molecule has 6 nitrogen and oxygen atoms in total. The van der Waals surface area contributed by atoms with Gasteiger partial charge in [0.05, 0.1) is 0 Å². The first kappa shape index (κ1) is 59.5. The number of unbranched alkanes of at least 4 members (excludes halogenated alkanes) is 12. The summed E-state index contributed by atoms with van der Waals surface area (Å²) in [5, 5.41) is 0. The highest BCUT2D eigenvalue weighted by Gasteiger charge is 2.19. The van der Waals surface area contributed by atoms with E-state index in [2.05, 4.69) is 154 Å². The molecule has 0 aliphatic rings. The molecule has 0 aromatic rings. The molecule has 0 radical (unpaired) electrons. The van der Waals surface area contributed by atoms with Gasteiger partial charge < -0.3 is 14.2 Å². The van der Waals surface area contributed by atoms with E-state index in [1.165, 1.54) is 32.1 Å². The minimum absolute atomic E-state index is 0.132. The van der Waals surface area contributed by atoms with Crippen LogP contribution >= 0.6 is 0 Å². The highest BCUT2D eigenvalue weighted by atomic mass is 16.6. The molecule has 1 atom stereocenters. The van der Waals surface area contributed by atoms with Crippen molar-refractivity contribution in [3.63, 3.8) is 0 Å². The zero-order valence-corrected chi connectivity index (χ0v) is 40.7. The summed E-state index contributed by atoms with van der Waals surface area (Å²) in [6.45, 7) is 6.25. The molecule has 0 aliphatic carbocycles. The second-order valence-corrected chi connectivity index (χ2v) is 16.0. The molecule has 0 aromatic carbocycles. The predicted octanol–water partition coefficient (Wildman–Crippen LogP) is 16.7. The van der Waals surface area contributed by atoms with Crippen LogP contribution in [-0.2, 0) is 28.6 Å². The molecule has 0 amide bonds. The van der Waals surface area contributed by atoms with Crippen LogP contribution in [0, 0.1) is 0 Å². The van der Waals surface area contributed by atoms with Gasteiger partial charge in [0.1, 0.15) is 13.2 Å².